The number of nitrogens with one attached hydrogen (secondary N) is 1. The third-order valence-corrected chi connectivity index (χ3v) is 4.75. The topological polar surface area (TPSA) is 112 Å². The van der Waals surface area contributed by atoms with Crippen molar-refractivity contribution in [2.24, 2.45) is 0 Å². The standard InChI is InChI=1S/C21H17N5O2/c1-27-13-4-2-12-9-14(5-3-11(12)8-13)28-17-10-16-18(19-15(17)6-7-24-19)20(22)26-21(23)25-16/h2-10H,22H2,1H3,(H3,23,25,26). The van der Waals surface area contributed by atoms with Crippen LogP contribution in [0.3, 0.4) is 0 Å². The van der Waals surface area contributed by atoms with Gasteiger partial charge in [0.25, 0.3) is 0 Å². The normalized spacial score (nSPS) is 11.3. The number of fused-ring (bicyclic) bond motifs is 4. The molecular weight excluding hydrogens is 354 g/mol. The van der Waals surface area contributed by atoms with E-state index in [2.05, 4.69) is 15.0 Å². The van der Waals surface area contributed by atoms with Gasteiger partial charge in [-0.3, -0.25) is 4.98 Å². The molecule has 0 aliphatic rings. The number of H-pyrrole nitrogens is 1. The van der Waals surface area contributed by atoms with Crippen LogP contribution >= 0.6 is 0 Å². The van der Waals surface area contributed by atoms with E-state index in [1.165, 1.54) is 0 Å². The van der Waals surface area contributed by atoms with E-state index in [1.54, 1.807) is 13.3 Å². The summed E-state index contributed by atoms with van der Waals surface area (Å²) in [7, 11) is 1.66. The second kappa shape index (κ2) is 6.02. The summed E-state index contributed by atoms with van der Waals surface area (Å²) in [5, 5.41) is 3.71. The second-order valence-corrected chi connectivity index (χ2v) is 6.49. The maximum atomic E-state index is 6.21. The predicted molar refractivity (Wildman–Crippen MR) is 111 cm³/mol. The second-order valence-electron chi connectivity index (χ2n) is 6.49. The van der Waals surface area contributed by atoms with Gasteiger partial charge in [-0.15, -0.1) is 0 Å². The monoisotopic (exact) mass is 371 g/mol. The minimum atomic E-state index is 0.238. The van der Waals surface area contributed by atoms with Gasteiger partial charge in [-0.2, -0.15) is 4.98 Å². The Morgan fingerprint density at radius 2 is 1.68 bits per heavy atom. The largest absolute Gasteiger partial charge is 0.497 e. The Hall–Kier alpha value is -4.00. The molecule has 2 aromatic heterocycles. The highest BCUT2D eigenvalue weighted by molar-refractivity contribution is 6.11. The summed E-state index contributed by atoms with van der Waals surface area (Å²) in [4.78, 5) is 11.6. The molecule has 0 bridgehead atoms. The van der Waals surface area contributed by atoms with E-state index in [0.717, 1.165) is 44.1 Å². The quantitative estimate of drug-likeness (QED) is 0.437. The third-order valence-electron chi connectivity index (χ3n) is 4.75. The molecule has 3 aromatic carbocycles. The minimum absolute atomic E-state index is 0.238. The van der Waals surface area contributed by atoms with Gasteiger partial charge in [0.15, 0.2) is 5.95 Å². The molecule has 0 saturated carbocycles. The van der Waals surface area contributed by atoms with Crippen LogP contribution < -0.4 is 20.9 Å². The van der Waals surface area contributed by atoms with Crippen molar-refractivity contribution in [1.29, 1.82) is 0 Å². The maximum absolute atomic E-state index is 6.21. The SMILES string of the molecule is COc1ccc2cc(Oc3cc4[nH]c(N)nc(N)c4c4nccc34)ccc2c1. The number of aromatic amines is 1. The van der Waals surface area contributed by atoms with E-state index in [1.807, 2.05) is 48.5 Å². The summed E-state index contributed by atoms with van der Waals surface area (Å²) in [6.07, 6.45) is 1.72. The lowest BCUT2D eigenvalue weighted by Gasteiger charge is -2.11. The molecule has 138 valence electrons. The fourth-order valence-electron chi connectivity index (χ4n) is 3.45. The fourth-order valence-corrected chi connectivity index (χ4v) is 3.45. The number of nitrogens with two attached hydrogens (primary N) is 2. The maximum Gasteiger partial charge on any atom is 0.199 e. The van der Waals surface area contributed by atoms with Crippen LogP contribution in [-0.2, 0) is 0 Å². The Morgan fingerprint density at radius 3 is 2.46 bits per heavy atom. The number of nitrogen functional groups attached to an aromatic ring is 2. The van der Waals surface area contributed by atoms with Crippen molar-refractivity contribution >= 4 is 44.3 Å². The Bertz CT molecular complexity index is 1360. The smallest absolute Gasteiger partial charge is 0.199 e. The zero-order chi connectivity index (χ0) is 19.3. The zero-order valence-corrected chi connectivity index (χ0v) is 15.1. The summed E-state index contributed by atoms with van der Waals surface area (Å²) in [6, 6.07) is 15.6. The number of aromatic nitrogens is 3. The first-order valence-electron chi connectivity index (χ1n) is 8.70. The van der Waals surface area contributed by atoms with E-state index < -0.39 is 0 Å². The number of hydrogen-bond donors (Lipinski definition) is 3. The van der Waals surface area contributed by atoms with Gasteiger partial charge in [-0.25, -0.2) is 0 Å². The molecule has 28 heavy (non-hydrogen) atoms. The molecule has 5 N–H and O–H groups in total. The van der Waals surface area contributed by atoms with E-state index >= 15 is 0 Å². The third kappa shape index (κ3) is 2.52. The first-order valence-corrected chi connectivity index (χ1v) is 8.70. The molecule has 0 amide bonds. The van der Waals surface area contributed by atoms with Gasteiger partial charge in [0.2, 0.25) is 0 Å². The number of hydrogen-bond acceptors (Lipinski definition) is 6. The van der Waals surface area contributed by atoms with Gasteiger partial charge in [-0.05, 0) is 41.1 Å². The van der Waals surface area contributed by atoms with E-state index in [4.69, 9.17) is 20.9 Å². The van der Waals surface area contributed by atoms with Crippen molar-refractivity contribution in [1.82, 2.24) is 15.0 Å². The number of nitrogens with zero attached hydrogens (tertiary/aromatic N) is 2. The average molecular weight is 371 g/mol. The molecule has 2 heterocycles. The number of anilines is 2. The summed E-state index contributed by atoms with van der Waals surface area (Å²) in [6.45, 7) is 0. The van der Waals surface area contributed by atoms with Crippen LogP contribution in [0.15, 0.2) is 54.7 Å². The summed E-state index contributed by atoms with van der Waals surface area (Å²) in [5.41, 5.74) is 13.3. The van der Waals surface area contributed by atoms with Crippen molar-refractivity contribution < 1.29 is 9.47 Å². The average Bonchev–Trinajstić information content (AvgIpc) is 3.17. The van der Waals surface area contributed by atoms with E-state index in [0.29, 0.717) is 11.6 Å². The highest BCUT2D eigenvalue weighted by Crippen LogP contribution is 2.37. The molecule has 0 radical (unpaired) electrons. The Labute approximate surface area is 159 Å². The van der Waals surface area contributed by atoms with Crippen molar-refractivity contribution in [3.63, 3.8) is 0 Å². The Balaban J connectivity index is 1.64. The van der Waals surface area contributed by atoms with Gasteiger partial charge in [0.1, 0.15) is 23.1 Å². The van der Waals surface area contributed by atoms with Gasteiger partial charge in [0.05, 0.1) is 23.5 Å². The number of methoxy groups -OCH3 is 1. The van der Waals surface area contributed by atoms with Crippen LogP contribution in [0.4, 0.5) is 11.8 Å². The lowest BCUT2D eigenvalue weighted by molar-refractivity contribution is 0.415. The summed E-state index contributed by atoms with van der Waals surface area (Å²) >= 11 is 0. The molecule has 0 spiro atoms. The molecule has 7 nitrogen and oxygen atoms in total. The summed E-state index contributed by atoms with van der Waals surface area (Å²) in [5.74, 6) is 2.77. The van der Waals surface area contributed by atoms with E-state index in [-0.39, 0.29) is 5.95 Å². The van der Waals surface area contributed by atoms with Crippen LogP contribution in [0.2, 0.25) is 0 Å². The first kappa shape index (κ1) is 16.2. The molecule has 5 aromatic rings. The summed E-state index contributed by atoms with van der Waals surface area (Å²) < 4.78 is 11.5. The molecule has 0 saturated heterocycles. The fraction of sp³-hybridized carbons (Fsp3) is 0.0476. The van der Waals surface area contributed by atoms with Crippen molar-refractivity contribution in [2.75, 3.05) is 18.6 Å². The van der Waals surface area contributed by atoms with Crippen molar-refractivity contribution in [3.05, 3.63) is 54.7 Å². The van der Waals surface area contributed by atoms with E-state index in [9.17, 15) is 0 Å². The van der Waals surface area contributed by atoms with Gasteiger partial charge in [0, 0.05) is 17.6 Å². The van der Waals surface area contributed by atoms with Crippen molar-refractivity contribution in [3.8, 4) is 17.2 Å². The highest BCUT2D eigenvalue weighted by Gasteiger charge is 2.14. The zero-order valence-electron chi connectivity index (χ0n) is 15.1. The van der Waals surface area contributed by atoms with Gasteiger partial charge < -0.3 is 25.9 Å². The molecule has 0 aliphatic heterocycles. The van der Waals surface area contributed by atoms with Crippen LogP contribution in [0, 0.1) is 0 Å². The van der Waals surface area contributed by atoms with Gasteiger partial charge in [-0.1, -0.05) is 12.1 Å². The Morgan fingerprint density at radius 1 is 0.929 bits per heavy atom. The highest BCUT2D eigenvalue weighted by atomic mass is 16.5. The van der Waals surface area contributed by atoms with Gasteiger partial charge >= 0.3 is 0 Å². The molecule has 0 fully saturated rings. The molecule has 0 unspecified atom stereocenters. The number of ether oxygens (including phenoxy) is 2. The lowest BCUT2D eigenvalue weighted by Crippen LogP contribution is -2.01. The number of rotatable bonds is 3. The molecular formula is C21H17N5O2. The Kier molecular flexibility index (Phi) is 3.48. The first-order chi connectivity index (χ1) is 13.6. The van der Waals surface area contributed by atoms with Crippen LogP contribution in [0.5, 0.6) is 17.2 Å². The van der Waals surface area contributed by atoms with Crippen LogP contribution in [0.1, 0.15) is 0 Å². The number of benzene rings is 3. The van der Waals surface area contributed by atoms with Crippen LogP contribution in [0.25, 0.3) is 32.6 Å². The molecule has 5 rings (SSSR count). The van der Waals surface area contributed by atoms with Crippen LogP contribution in [-0.4, -0.2) is 22.1 Å². The molecule has 0 atom stereocenters. The van der Waals surface area contributed by atoms with Crippen molar-refractivity contribution in [2.45, 2.75) is 0 Å². The molecule has 0 aliphatic carbocycles. The predicted octanol–water partition coefficient (Wildman–Crippen LogP) is 4.23. The molecule has 7 heteroatoms. The minimum Gasteiger partial charge on any atom is -0.497 e. The lowest BCUT2D eigenvalue weighted by atomic mass is 10.1.